The molecule has 7 heteroatoms. The van der Waals surface area contributed by atoms with Gasteiger partial charge in [-0.3, -0.25) is 5.10 Å². The number of hydrogen-bond donors (Lipinski definition) is 2. The third-order valence-corrected chi connectivity index (χ3v) is 4.81. The Hall–Kier alpha value is -2.77. The lowest BCUT2D eigenvalue weighted by Gasteiger charge is -2.36. The lowest BCUT2D eigenvalue weighted by atomic mass is 10.1. The van der Waals surface area contributed by atoms with Gasteiger partial charge in [0.1, 0.15) is 30.3 Å². The van der Waals surface area contributed by atoms with Crippen LogP contribution in [0.4, 0.5) is 14.9 Å². The number of morpholine rings is 1. The molecular weight excluding hydrogens is 323 g/mol. The number of rotatable bonds is 2. The molecule has 0 unspecified atom stereocenters. The minimum absolute atomic E-state index is 0.0595. The number of H-pyrrole nitrogens is 1. The summed E-state index contributed by atoms with van der Waals surface area (Å²) < 4.78 is 18.6. The predicted octanol–water partition coefficient (Wildman–Crippen LogP) is 2.79. The van der Waals surface area contributed by atoms with E-state index in [4.69, 9.17) is 10.5 Å². The van der Waals surface area contributed by atoms with Crippen molar-refractivity contribution in [2.45, 2.75) is 0 Å². The van der Waals surface area contributed by atoms with Crippen LogP contribution >= 0.6 is 0 Å². The van der Waals surface area contributed by atoms with Gasteiger partial charge in [-0.05, 0) is 30.3 Å². The minimum Gasteiger partial charge on any atom is -0.370 e. The first-order valence-corrected chi connectivity index (χ1v) is 8.10. The molecule has 0 saturated carbocycles. The van der Waals surface area contributed by atoms with Gasteiger partial charge in [0.25, 0.3) is 0 Å². The highest BCUT2D eigenvalue weighted by molar-refractivity contribution is 5.97. The van der Waals surface area contributed by atoms with E-state index in [-0.39, 0.29) is 10.3 Å². The number of ether oxygens (including phenoxy) is 1. The third kappa shape index (κ3) is 2.57. The normalized spacial score (nSPS) is 16.8. The van der Waals surface area contributed by atoms with Gasteiger partial charge in [-0.2, -0.15) is 5.10 Å². The molecule has 0 spiro atoms. The Morgan fingerprint density at radius 1 is 1.16 bits per heavy atom. The molecule has 2 heterocycles. The number of fused-ring (bicyclic) bond motifs is 1. The molecule has 2 amide bonds. The second kappa shape index (κ2) is 5.94. The van der Waals surface area contributed by atoms with Gasteiger partial charge < -0.3 is 10.5 Å². The fourth-order valence-electron chi connectivity index (χ4n) is 3.36. The summed E-state index contributed by atoms with van der Waals surface area (Å²) in [5.74, 6) is -0.296. The standard InChI is InChI=1S/C18H17FN4O2/c19-13-3-1-12(2-4-13)17-15-11-14(5-6-16(15)21-22-17)23(18(20)24)7-9-25-10-8-23/h1-6,11H,7-10H2,(H2-,20,21,22,24)/p+1. The highest BCUT2D eigenvalue weighted by Crippen LogP contribution is 2.33. The molecule has 3 N–H and O–H groups in total. The monoisotopic (exact) mass is 341 g/mol. The zero-order chi connectivity index (χ0) is 17.4. The van der Waals surface area contributed by atoms with Gasteiger partial charge in [-0.15, -0.1) is 0 Å². The molecule has 6 nitrogen and oxygen atoms in total. The van der Waals surface area contributed by atoms with E-state index in [1.165, 1.54) is 12.1 Å². The number of hydrogen-bond acceptors (Lipinski definition) is 3. The largest absolute Gasteiger partial charge is 0.419 e. The van der Waals surface area contributed by atoms with Gasteiger partial charge in [-0.1, -0.05) is 0 Å². The van der Waals surface area contributed by atoms with Crippen molar-refractivity contribution in [1.29, 1.82) is 0 Å². The van der Waals surface area contributed by atoms with Crippen LogP contribution in [-0.2, 0) is 4.74 Å². The molecule has 1 fully saturated rings. The van der Waals surface area contributed by atoms with Gasteiger partial charge in [0.15, 0.2) is 0 Å². The van der Waals surface area contributed by atoms with Gasteiger partial charge in [0.05, 0.1) is 18.7 Å². The minimum atomic E-state index is -0.394. The predicted molar refractivity (Wildman–Crippen MR) is 93.4 cm³/mol. The summed E-state index contributed by atoms with van der Waals surface area (Å²) in [7, 11) is 0. The van der Waals surface area contributed by atoms with Gasteiger partial charge in [-0.25, -0.2) is 13.7 Å². The SMILES string of the molecule is NC(=O)[N+]1(c2ccc3[nH]nc(-c4ccc(F)cc4)c3c2)CCOCC1. The Balaban J connectivity index is 1.85. The summed E-state index contributed by atoms with van der Waals surface area (Å²) in [4.78, 5) is 12.2. The number of carbonyl (C=O) groups excluding carboxylic acids is 1. The summed E-state index contributed by atoms with van der Waals surface area (Å²) in [6.45, 7) is 1.98. The van der Waals surface area contributed by atoms with E-state index in [2.05, 4.69) is 10.2 Å². The van der Waals surface area contributed by atoms with E-state index >= 15 is 0 Å². The molecule has 0 bridgehead atoms. The zero-order valence-corrected chi connectivity index (χ0v) is 13.5. The number of halogens is 1. The zero-order valence-electron chi connectivity index (χ0n) is 13.5. The quantitative estimate of drug-likeness (QED) is 0.703. The maximum atomic E-state index is 13.2. The van der Waals surface area contributed by atoms with E-state index in [1.807, 2.05) is 18.2 Å². The number of carbonyl (C=O) groups is 1. The first-order chi connectivity index (χ1) is 12.1. The smallest absolute Gasteiger partial charge is 0.370 e. The number of urea groups is 1. The van der Waals surface area contributed by atoms with Crippen LogP contribution in [0, 0.1) is 5.82 Å². The molecule has 0 radical (unpaired) electrons. The van der Waals surface area contributed by atoms with Crippen molar-refractivity contribution in [2.75, 3.05) is 26.3 Å². The Bertz CT molecular complexity index is 930. The van der Waals surface area contributed by atoms with Crippen LogP contribution in [0.25, 0.3) is 22.2 Å². The maximum absolute atomic E-state index is 13.2. The van der Waals surface area contributed by atoms with Crippen molar-refractivity contribution >= 4 is 22.6 Å². The van der Waals surface area contributed by atoms with Crippen LogP contribution in [0.3, 0.4) is 0 Å². The third-order valence-electron chi connectivity index (χ3n) is 4.81. The van der Waals surface area contributed by atoms with E-state index in [9.17, 15) is 9.18 Å². The Kier molecular flexibility index (Phi) is 3.74. The Morgan fingerprint density at radius 2 is 1.88 bits per heavy atom. The van der Waals surface area contributed by atoms with Gasteiger partial charge in [0.2, 0.25) is 0 Å². The lowest BCUT2D eigenvalue weighted by molar-refractivity contribution is 0.0574. The summed E-state index contributed by atoms with van der Waals surface area (Å²) in [5.41, 5.74) is 8.91. The topological polar surface area (TPSA) is 81.0 Å². The molecule has 1 aliphatic rings. The molecule has 0 atom stereocenters. The average molecular weight is 341 g/mol. The molecule has 0 aliphatic carbocycles. The number of primary amides is 1. The van der Waals surface area contributed by atoms with Crippen LogP contribution in [0.5, 0.6) is 0 Å². The number of amides is 2. The van der Waals surface area contributed by atoms with Crippen molar-refractivity contribution in [3.05, 3.63) is 48.3 Å². The molecule has 1 aliphatic heterocycles. The van der Waals surface area contributed by atoms with Crippen molar-refractivity contribution < 1.29 is 13.9 Å². The summed E-state index contributed by atoms with van der Waals surface area (Å²) in [6, 6.07) is 11.5. The summed E-state index contributed by atoms with van der Waals surface area (Å²) in [5, 5.41) is 8.21. The molecule has 25 heavy (non-hydrogen) atoms. The molecule has 1 saturated heterocycles. The highest BCUT2D eigenvalue weighted by atomic mass is 19.1. The number of nitrogens with one attached hydrogen (secondary N) is 1. The van der Waals surface area contributed by atoms with Crippen LogP contribution in [-0.4, -0.2) is 42.5 Å². The second-order valence-corrected chi connectivity index (χ2v) is 6.17. The van der Waals surface area contributed by atoms with E-state index in [1.54, 1.807) is 12.1 Å². The van der Waals surface area contributed by atoms with Crippen molar-refractivity contribution in [3.8, 4) is 11.3 Å². The van der Waals surface area contributed by atoms with Crippen molar-refractivity contribution in [1.82, 2.24) is 14.7 Å². The van der Waals surface area contributed by atoms with Crippen LogP contribution < -0.4 is 10.2 Å². The first-order valence-electron chi connectivity index (χ1n) is 8.10. The van der Waals surface area contributed by atoms with E-state index < -0.39 is 6.03 Å². The number of aromatic amines is 1. The lowest BCUT2D eigenvalue weighted by Crippen LogP contribution is -2.62. The summed E-state index contributed by atoms with van der Waals surface area (Å²) >= 11 is 0. The molecule has 3 aromatic rings. The first kappa shape index (κ1) is 15.7. The number of nitrogens with zero attached hydrogens (tertiary/aromatic N) is 2. The average Bonchev–Trinajstić information content (AvgIpc) is 3.06. The summed E-state index contributed by atoms with van der Waals surface area (Å²) in [6.07, 6.45) is 0. The highest BCUT2D eigenvalue weighted by Gasteiger charge is 2.39. The van der Waals surface area contributed by atoms with Crippen LogP contribution in [0.1, 0.15) is 0 Å². The fourth-order valence-corrected chi connectivity index (χ4v) is 3.36. The van der Waals surface area contributed by atoms with E-state index in [0.717, 1.165) is 22.2 Å². The van der Waals surface area contributed by atoms with Gasteiger partial charge in [0, 0.05) is 23.1 Å². The maximum Gasteiger partial charge on any atom is 0.419 e. The number of nitrogens with two attached hydrogens (primary N) is 1. The van der Waals surface area contributed by atoms with Crippen LogP contribution in [0.15, 0.2) is 42.5 Å². The Morgan fingerprint density at radius 3 is 2.56 bits per heavy atom. The number of quaternary nitrogens is 1. The second-order valence-electron chi connectivity index (χ2n) is 6.17. The van der Waals surface area contributed by atoms with Gasteiger partial charge >= 0.3 is 6.03 Å². The number of benzene rings is 2. The van der Waals surface area contributed by atoms with Crippen LogP contribution in [0.2, 0.25) is 0 Å². The Labute approximate surface area is 143 Å². The van der Waals surface area contributed by atoms with E-state index in [0.29, 0.717) is 32.0 Å². The molecule has 1 aromatic heterocycles. The van der Waals surface area contributed by atoms with Crippen molar-refractivity contribution in [3.63, 3.8) is 0 Å². The fraction of sp³-hybridized carbons (Fsp3) is 0.222. The van der Waals surface area contributed by atoms with Crippen molar-refractivity contribution in [2.24, 2.45) is 5.73 Å². The number of aromatic nitrogens is 2. The molecule has 2 aromatic carbocycles. The molecule has 4 rings (SSSR count). The molecule has 128 valence electrons. The molecular formula is C18H18FN4O2+.